The van der Waals surface area contributed by atoms with Crippen LogP contribution in [0.5, 0.6) is 0 Å². The van der Waals surface area contributed by atoms with E-state index < -0.39 is 41.6 Å². The molecule has 5 nitrogen and oxygen atoms in total. The van der Waals surface area contributed by atoms with Gasteiger partial charge in [-0.2, -0.15) is 0 Å². The van der Waals surface area contributed by atoms with Crippen molar-refractivity contribution < 1.29 is 27.5 Å². The maximum absolute atomic E-state index is 13.7. The van der Waals surface area contributed by atoms with E-state index >= 15 is 0 Å². The van der Waals surface area contributed by atoms with E-state index in [0.29, 0.717) is 22.7 Å². The van der Waals surface area contributed by atoms with Crippen LogP contribution in [0.1, 0.15) is 10.4 Å². The Hall–Kier alpha value is -4.20. The van der Waals surface area contributed by atoms with Crippen LogP contribution in [0.4, 0.5) is 18.9 Å². The Morgan fingerprint density at radius 1 is 0.875 bits per heavy atom. The Morgan fingerprint density at radius 2 is 1.59 bits per heavy atom. The molecule has 0 fully saturated rings. The van der Waals surface area contributed by atoms with Crippen LogP contribution in [0.15, 0.2) is 72.8 Å². The summed E-state index contributed by atoms with van der Waals surface area (Å²) in [4.78, 5) is 29.4. The van der Waals surface area contributed by atoms with Crippen molar-refractivity contribution in [2.75, 3.05) is 11.9 Å². The lowest BCUT2D eigenvalue weighted by molar-refractivity contribution is -0.119. The zero-order valence-electron chi connectivity index (χ0n) is 16.4. The normalized spacial score (nSPS) is 10.7. The quantitative estimate of drug-likeness (QED) is 0.349. The number of para-hydroxylation sites is 1. The number of fused-ring (bicyclic) bond motifs is 1. The average molecular weight is 436 g/mol. The number of hydrogen-bond acceptors (Lipinski definition) is 4. The molecule has 0 spiro atoms. The predicted octanol–water partition coefficient (Wildman–Crippen LogP) is 5.11. The van der Waals surface area contributed by atoms with Gasteiger partial charge in [-0.25, -0.2) is 22.9 Å². The van der Waals surface area contributed by atoms with Crippen molar-refractivity contribution in [3.63, 3.8) is 0 Å². The van der Waals surface area contributed by atoms with E-state index in [1.54, 1.807) is 30.3 Å². The fourth-order valence-electron chi connectivity index (χ4n) is 3.12. The van der Waals surface area contributed by atoms with E-state index in [1.807, 2.05) is 35.6 Å². The molecule has 4 rings (SSSR count). The molecule has 8 heteroatoms. The summed E-state index contributed by atoms with van der Waals surface area (Å²) < 4.78 is 45.1. The van der Waals surface area contributed by atoms with E-state index in [9.17, 15) is 22.8 Å². The number of ether oxygens (including phenoxy) is 1. The second kappa shape index (κ2) is 8.89. The molecule has 0 saturated carbocycles. The molecule has 0 saturated heterocycles. The van der Waals surface area contributed by atoms with Crippen LogP contribution in [0, 0.1) is 17.5 Å². The molecule has 1 aromatic heterocycles. The lowest BCUT2D eigenvalue weighted by Gasteiger charge is -2.11. The predicted molar refractivity (Wildman–Crippen MR) is 112 cm³/mol. The summed E-state index contributed by atoms with van der Waals surface area (Å²) in [5, 5.41) is 2.58. The Morgan fingerprint density at radius 3 is 2.38 bits per heavy atom. The summed E-state index contributed by atoms with van der Waals surface area (Å²) in [5.74, 6) is -6.34. The molecular weight excluding hydrogens is 421 g/mol. The monoisotopic (exact) mass is 436 g/mol. The van der Waals surface area contributed by atoms with Crippen molar-refractivity contribution in [3.05, 3.63) is 95.8 Å². The lowest BCUT2D eigenvalue weighted by Crippen LogP contribution is -2.22. The van der Waals surface area contributed by atoms with Gasteiger partial charge in [-0.1, -0.05) is 48.5 Å². The molecule has 32 heavy (non-hydrogen) atoms. The van der Waals surface area contributed by atoms with Gasteiger partial charge in [-0.05, 0) is 24.3 Å². The smallest absolute Gasteiger partial charge is 0.339 e. The highest BCUT2D eigenvalue weighted by Gasteiger charge is 2.18. The third-order valence-corrected chi connectivity index (χ3v) is 4.65. The largest absolute Gasteiger partial charge is 0.452 e. The first-order valence-electron chi connectivity index (χ1n) is 9.49. The Labute approximate surface area is 180 Å². The molecule has 1 heterocycles. The molecule has 0 aliphatic carbocycles. The van der Waals surface area contributed by atoms with Gasteiger partial charge in [0.15, 0.2) is 24.1 Å². The number of benzene rings is 3. The summed E-state index contributed by atoms with van der Waals surface area (Å²) in [6.45, 7) is -0.755. The molecule has 0 radical (unpaired) electrons. The summed E-state index contributed by atoms with van der Waals surface area (Å²) in [5.41, 5.74) is 1.53. The van der Waals surface area contributed by atoms with Crippen molar-refractivity contribution in [1.29, 1.82) is 0 Å². The minimum absolute atomic E-state index is 0.196. The molecule has 0 bridgehead atoms. The van der Waals surface area contributed by atoms with E-state index in [4.69, 9.17) is 4.74 Å². The number of esters is 1. The fourth-order valence-corrected chi connectivity index (χ4v) is 3.12. The zero-order valence-corrected chi connectivity index (χ0v) is 16.4. The van der Waals surface area contributed by atoms with Crippen LogP contribution in [0.3, 0.4) is 0 Å². The molecule has 1 N–H and O–H groups in total. The number of anilines is 1. The average Bonchev–Trinajstić information content (AvgIpc) is 2.82. The van der Waals surface area contributed by atoms with Gasteiger partial charge in [0.05, 0.1) is 22.5 Å². The third-order valence-electron chi connectivity index (χ3n) is 4.65. The van der Waals surface area contributed by atoms with E-state index in [2.05, 4.69) is 4.98 Å². The number of nitrogens with one attached hydrogen (secondary N) is 1. The van der Waals surface area contributed by atoms with Crippen LogP contribution < -0.4 is 5.32 Å². The zero-order chi connectivity index (χ0) is 22.7. The van der Waals surface area contributed by atoms with Crippen molar-refractivity contribution in [2.45, 2.75) is 0 Å². The summed E-state index contributed by atoms with van der Waals surface area (Å²) in [7, 11) is 0. The van der Waals surface area contributed by atoms with E-state index in [0.717, 1.165) is 11.6 Å². The van der Waals surface area contributed by atoms with Gasteiger partial charge in [0.1, 0.15) is 0 Å². The van der Waals surface area contributed by atoms with Crippen LogP contribution in [-0.4, -0.2) is 23.5 Å². The van der Waals surface area contributed by atoms with Gasteiger partial charge in [-0.3, -0.25) is 4.79 Å². The third kappa shape index (κ3) is 4.29. The number of hydrogen-bond donors (Lipinski definition) is 1. The maximum Gasteiger partial charge on any atom is 0.339 e. The highest BCUT2D eigenvalue weighted by molar-refractivity contribution is 6.05. The highest BCUT2D eigenvalue weighted by atomic mass is 19.2. The second-order valence-electron chi connectivity index (χ2n) is 6.79. The van der Waals surface area contributed by atoms with E-state index in [1.165, 1.54) is 0 Å². The van der Waals surface area contributed by atoms with Crippen LogP contribution >= 0.6 is 0 Å². The van der Waals surface area contributed by atoms with E-state index in [-0.39, 0.29) is 5.56 Å². The second-order valence-corrected chi connectivity index (χ2v) is 6.79. The molecule has 0 atom stereocenters. The Bertz CT molecular complexity index is 1330. The van der Waals surface area contributed by atoms with Crippen molar-refractivity contribution in [3.8, 4) is 11.3 Å². The molecule has 4 aromatic rings. The summed E-state index contributed by atoms with van der Waals surface area (Å²) >= 11 is 0. The summed E-state index contributed by atoms with van der Waals surface area (Å²) in [6.07, 6.45) is 0. The molecule has 1 amide bonds. The number of rotatable bonds is 5. The Balaban J connectivity index is 1.55. The number of amides is 1. The number of halogens is 3. The van der Waals surface area contributed by atoms with Gasteiger partial charge in [0.25, 0.3) is 5.91 Å². The number of nitrogens with zero attached hydrogens (tertiary/aromatic N) is 1. The van der Waals surface area contributed by atoms with Crippen molar-refractivity contribution in [1.82, 2.24) is 4.98 Å². The molecule has 3 aromatic carbocycles. The van der Waals surface area contributed by atoms with Crippen LogP contribution in [0.25, 0.3) is 22.2 Å². The topological polar surface area (TPSA) is 68.3 Å². The van der Waals surface area contributed by atoms with Crippen LogP contribution in [-0.2, 0) is 9.53 Å². The fraction of sp³-hybridized carbons (Fsp3) is 0.0417. The van der Waals surface area contributed by atoms with Gasteiger partial charge in [0.2, 0.25) is 0 Å². The SMILES string of the molecule is O=C(COC(=O)c1cc(-c2ccccc2)nc2ccccc12)Nc1ccc(F)c(F)c1F. The molecule has 0 unspecified atom stereocenters. The van der Waals surface area contributed by atoms with Gasteiger partial charge < -0.3 is 10.1 Å². The molecular formula is C24H15F3N2O3. The molecule has 160 valence electrons. The highest BCUT2D eigenvalue weighted by Crippen LogP contribution is 2.25. The summed E-state index contributed by atoms with van der Waals surface area (Å²) in [6, 6.07) is 19.3. The number of carbonyl (C=O) groups excluding carboxylic acids is 2. The minimum atomic E-state index is -1.71. The number of pyridine rings is 1. The van der Waals surface area contributed by atoms with Crippen molar-refractivity contribution in [2.24, 2.45) is 0 Å². The van der Waals surface area contributed by atoms with Gasteiger partial charge in [0, 0.05) is 10.9 Å². The lowest BCUT2D eigenvalue weighted by atomic mass is 10.0. The first-order chi connectivity index (χ1) is 15.4. The maximum atomic E-state index is 13.7. The standard InChI is InChI=1S/C24H15F3N2O3/c25-17-10-11-19(23(27)22(17)26)29-21(30)13-32-24(31)16-12-20(14-6-2-1-3-7-14)28-18-9-5-4-8-15(16)18/h1-12H,13H2,(H,29,30). The van der Waals surface area contributed by atoms with Gasteiger partial charge in [-0.15, -0.1) is 0 Å². The Kier molecular flexibility index (Phi) is 5.85. The molecule has 0 aliphatic rings. The minimum Gasteiger partial charge on any atom is -0.452 e. The van der Waals surface area contributed by atoms with Crippen molar-refractivity contribution >= 4 is 28.5 Å². The molecule has 0 aliphatic heterocycles. The first kappa shape index (κ1) is 21.0. The number of carbonyl (C=O) groups is 2. The number of aromatic nitrogens is 1. The first-order valence-corrected chi connectivity index (χ1v) is 9.49. The van der Waals surface area contributed by atoms with Crippen LogP contribution in [0.2, 0.25) is 0 Å². The van der Waals surface area contributed by atoms with Gasteiger partial charge >= 0.3 is 5.97 Å².